The predicted octanol–water partition coefficient (Wildman–Crippen LogP) is 2.37. The van der Waals surface area contributed by atoms with Gasteiger partial charge in [-0.1, -0.05) is 29.8 Å². The lowest BCUT2D eigenvalue weighted by Gasteiger charge is -2.09. The van der Waals surface area contributed by atoms with Crippen LogP contribution in [0.15, 0.2) is 30.5 Å². The number of amides is 1. The summed E-state index contributed by atoms with van der Waals surface area (Å²) in [4.78, 5) is 20.0. The third kappa shape index (κ3) is 4.18. The van der Waals surface area contributed by atoms with E-state index in [4.69, 9.17) is 9.47 Å². The number of hydrogen-bond acceptors (Lipinski definition) is 5. The summed E-state index contributed by atoms with van der Waals surface area (Å²) >= 11 is 0. The van der Waals surface area contributed by atoms with Gasteiger partial charge in [0, 0.05) is 6.42 Å². The summed E-state index contributed by atoms with van der Waals surface area (Å²) in [5.41, 5.74) is 2.74. The first-order valence-electron chi connectivity index (χ1n) is 6.93. The fourth-order valence-electron chi connectivity index (χ4n) is 2.03. The van der Waals surface area contributed by atoms with Gasteiger partial charge < -0.3 is 14.8 Å². The molecule has 22 heavy (non-hydrogen) atoms. The van der Waals surface area contributed by atoms with Crippen molar-refractivity contribution < 1.29 is 14.3 Å². The highest BCUT2D eigenvalue weighted by Crippen LogP contribution is 2.22. The maximum Gasteiger partial charge on any atom is 0.319 e. The Morgan fingerprint density at radius 3 is 2.77 bits per heavy atom. The minimum atomic E-state index is -0.117. The predicted molar refractivity (Wildman–Crippen MR) is 83.3 cm³/mol. The van der Waals surface area contributed by atoms with E-state index in [1.165, 1.54) is 26.0 Å². The van der Waals surface area contributed by atoms with Gasteiger partial charge in [0.15, 0.2) is 0 Å². The van der Waals surface area contributed by atoms with Crippen molar-refractivity contribution in [1.82, 2.24) is 9.97 Å². The van der Waals surface area contributed by atoms with E-state index in [1.54, 1.807) is 0 Å². The molecule has 0 aliphatic heterocycles. The number of nitrogens with one attached hydrogen (secondary N) is 1. The largest absolute Gasteiger partial charge is 0.479 e. The lowest BCUT2D eigenvalue weighted by atomic mass is 10.1. The van der Waals surface area contributed by atoms with E-state index in [9.17, 15) is 4.79 Å². The topological polar surface area (TPSA) is 73.3 Å². The molecule has 0 atom stereocenters. The number of aromatic nitrogens is 2. The Kier molecular flexibility index (Phi) is 5.30. The molecule has 1 N–H and O–H groups in total. The van der Waals surface area contributed by atoms with Crippen molar-refractivity contribution >= 4 is 11.6 Å². The summed E-state index contributed by atoms with van der Waals surface area (Å²) in [6, 6.07) is 8.29. The van der Waals surface area contributed by atoms with Crippen LogP contribution in [0.25, 0.3) is 0 Å². The Bertz CT molecular complexity index is 659. The van der Waals surface area contributed by atoms with E-state index in [0.717, 1.165) is 5.56 Å². The van der Waals surface area contributed by atoms with Crippen LogP contribution in [-0.4, -0.2) is 30.1 Å². The van der Waals surface area contributed by atoms with Crippen LogP contribution in [-0.2, 0) is 11.2 Å². The fourth-order valence-corrected chi connectivity index (χ4v) is 2.03. The minimum Gasteiger partial charge on any atom is -0.479 e. The van der Waals surface area contributed by atoms with E-state index in [1.807, 2.05) is 25.1 Å². The van der Waals surface area contributed by atoms with Crippen molar-refractivity contribution in [3.63, 3.8) is 0 Å². The molecule has 0 saturated carbocycles. The molecule has 116 valence electrons. The average molecular weight is 301 g/mol. The minimum absolute atomic E-state index is 0.117. The summed E-state index contributed by atoms with van der Waals surface area (Å²) in [6.45, 7) is 2.03. The van der Waals surface area contributed by atoms with Crippen molar-refractivity contribution in [2.45, 2.75) is 19.8 Å². The third-order valence-electron chi connectivity index (χ3n) is 3.10. The highest BCUT2D eigenvalue weighted by molar-refractivity contribution is 5.91. The molecule has 0 bridgehead atoms. The van der Waals surface area contributed by atoms with E-state index >= 15 is 0 Å². The molecule has 2 rings (SSSR count). The van der Waals surface area contributed by atoms with Crippen LogP contribution in [0.2, 0.25) is 0 Å². The summed E-state index contributed by atoms with van der Waals surface area (Å²) in [5, 5.41) is 2.75. The van der Waals surface area contributed by atoms with Gasteiger partial charge in [-0.2, -0.15) is 4.98 Å². The van der Waals surface area contributed by atoms with Crippen molar-refractivity contribution in [3.05, 3.63) is 41.6 Å². The molecule has 1 aromatic carbocycles. The number of anilines is 1. The van der Waals surface area contributed by atoms with Gasteiger partial charge in [-0.3, -0.25) is 4.79 Å². The smallest absolute Gasteiger partial charge is 0.319 e. The van der Waals surface area contributed by atoms with Crippen LogP contribution in [0, 0.1) is 6.92 Å². The first kappa shape index (κ1) is 15.8. The van der Waals surface area contributed by atoms with Gasteiger partial charge >= 0.3 is 6.01 Å². The molecule has 1 heterocycles. The highest BCUT2D eigenvalue weighted by Gasteiger charge is 2.11. The SMILES string of the molecule is COc1ncc(NC(=O)CCc2cccc(C)c2)c(OC)n1. The molecule has 0 unspecified atom stereocenters. The number of rotatable bonds is 6. The standard InChI is InChI=1S/C16H19N3O3/c1-11-5-4-6-12(9-11)7-8-14(20)18-13-10-17-16(22-3)19-15(13)21-2/h4-6,9-10H,7-8H2,1-3H3,(H,18,20). The van der Waals surface area contributed by atoms with Gasteiger partial charge in [0.25, 0.3) is 0 Å². The number of nitrogens with zero attached hydrogens (tertiary/aromatic N) is 2. The molecule has 0 aliphatic carbocycles. The Labute approximate surface area is 129 Å². The number of ether oxygens (including phenoxy) is 2. The zero-order valence-corrected chi connectivity index (χ0v) is 12.9. The number of carbonyl (C=O) groups excluding carboxylic acids is 1. The Morgan fingerprint density at radius 1 is 1.27 bits per heavy atom. The van der Waals surface area contributed by atoms with Gasteiger partial charge in [0.2, 0.25) is 11.8 Å². The molecule has 0 aliphatic rings. The molecule has 1 aromatic heterocycles. The molecule has 2 aromatic rings. The summed E-state index contributed by atoms with van der Waals surface area (Å²) in [7, 11) is 2.94. The Morgan fingerprint density at radius 2 is 2.09 bits per heavy atom. The normalized spacial score (nSPS) is 10.1. The van der Waals surface area contributed by atoms with E-state index in [-0.39, 0.29) is 17.8 Å². The van der Waals surface area contributed by atoms with Gasteiger partial charge in [0.1, 0.15) is 5.69 Å². The second-order valence-corrected chi connectivity index (χ2v) is 4.82. The van der Waals surface area contributed by atoms with Gasteiger partial charge in [-0.25, -0.2) is 4.98 Å². The Hall–Kier alpha value is -2.63. The molecular weight excluding hydrogens is 282 g/mol. The second kappa shape index (κ2) is 7.40. The first-order valence-corrected chi connectivity index (χ1v) is 6.93. The van der Waals surface area contributed by atoms with Crippen molar-refractivity contribution in [2.24, 2.45) is 0 Å². The van der Waals surface area contributed by atoms with Crippen molar-refractivity contribution in [2.75, 3.05) is 19.5 Å². The molecule has 6 heteroatoms. The third-order valence-corrected chi connectivity index (χ3v) is 3.10. The van der Waals surface area contributed by atoms with Crippen molar-refractivity contribution in [1.29, 1.82) is 0 Å². The van der Waals surface area contributed by atoms with E-state index in [0.29, 0.717) is 18.5 Å². The number of hydrogen-bond donors (Lipinski definition) is 1. The maximum atomic E-state index is 12.0. The van der Waals surface area contributed by atoms with Gasteiger partial charge in [-0.05, 0) is 18.9 Å². The summed E-state index contributed by atoms with van der Waals surface area (Å²) in [6.07, 6.45) is 2.51. The number of carbonyl (C=O) groups is 1. The number of benzene rings is 1. The number of aryl methyl sites for hydroxylation is 2. The summed E-state index contributed by atoms with van der Waals surface area (Å²) < 4.78 is 10.0. The second-order valence-electron chi connectivity index (χ2n) is 4.82. The molecular formula is C16H19N3O3. The van der Waals surface area contributed by atoms with Crippen LogP contribution in [0.4, 0.5) is 5.69 Å². The maximum absolute atomic E-state index is 12.0. The van der Waals surface area contributed by atoms with Crippen LogP contribution in [0.1, 0.15) is 17.5 Å². The Balaban J connectivity index is 1.97. The zero-order valence-electron chi connectivity index (χ0n) is 12.9. The average Bonchev–Trinajstić information content (AvgIpc) is 2.53. The van der Waals surface area contributed by atoms with Crippen LogP contribution in [0.3, 0.4) is 0 Å². The lowest BCUT2D eigenvalue weighted by Crippen LogP contribution is -2.14. The molecule has 0 radical (unpaired) electrons. The monoisotopic (exact) mass is 301 g/mol. The lowest BCUT2D eigenvalue weighted by molar-refractivity contribution is -0.116. The molecule has 6 nitrogen and oxygen atoms in total. The zero-order chi connectivity index (χ0) is 15.9. The van der Waals surface area contributed by atoms with Crippen LogP contribution < -0.4 is 14.8 Å². The van der Waals surface area contributed by atoms with E-state index < -0.39 is 0 Å². The van der Waals surface area contributed by atoms with Gasteiger partial charge in [-0.15, -0.1) is 0 Å². The van der Waals surface area contributed by atoms with Crippen LogP contribution in [0.5, 0.6) is 11.9 Å². The molecule has 0 saturated heterocycles. The molecule has 0 fully saturated rings. The molecule has 0 spiro atoms. The van der Waals surface area contributed by atoms with E-state index in [2.05, 4.69) is 21.4 Å². The number of methoxy groups -OCH3 is 2. The van der Waals surface area contributed by atoms with Crippen LogP contribution >= 0.6 is 0 Å². The van der Waals surface area contributed by atoms with Crippen molar-refractivity contribution in [3.8, 4) is 11.9 Å². The fraction of sp³-hybridized carbons (Fsp3) is 0.312. The quantitative estimate of drug-likeness (QED) is 0.886. The van der Waals surface area contributed by atoms with Gasteiger partial charge in [0.05, 0.1) is 20.4 Å². The highest BCUT2D eigenvalue weighted by atomic mass is 16.5. The first-order chi connectivity index (χ1) is 10.6. The molecule has 1 amide bonds. The summed E-state index contributed by atoms with van der Waals surface area (Å²) in [5.74, 6) is 0.157.